The van der Waals surface area contributed by atoms with Gasteiger partial charge in [-0.25, -0.2) is 18.2 Å². The van der Waals surface area contributed by atoms with E-state index in [0.717, 1.165) is 6.07 Å². The topological polar surface area (TPSA) is 17.8 Å². The van der Waals surface area contributed by atoms with Crippen molar-refractivity contribution in [2.75, 3.05) is 0 Å². The summed E-state index contributed by atoms with van der Waals surface area (Å²) in [6, 6.07) is 8.34. The molecule has 3 rings (SSSR count). The van der Waals surface area contributed by atoms with Gasteiger partial charge in [-0.05, 0) is 19.1 Å². The molecule has 21 heavy (non-hydrogen) atoms. The van der Waals surface area contributed by atoms with Gasteiger partial charge in [0.1, 0.15) is 11.6 Å². The zero-order chi connectivity index (χ0) is 15.1. The fourth-order valence-corrected chi connectivity index (χ4v) is 2.42. The second-order valence-electron chi connectivity index (χ2n) is 4.63. The predicted octanol–water partition coefficient (Wildman–Crippen LogP) is 4.74. The average molecular weight is 311 g/mol. The second kappa shape index (κ2) is 5.07. The summed E-state index contributed by atoms with van der Waals surface area (Å²) in [6.45, 7) is 1.66. The Hall–Kier alpha value is -2.01. The zero-order valence-electron chi connectivity index (χ0n) is 10.9. The van der Waals surface area contributed by atoms with E-state index in [0.29, 0.717) is 22.9 Å². The van der Waals surface area contributed by atoms with Crippen molar-refractivity contribution in [3.05, 3.63) is 59.7 Å². The van der Waals surface area contributed by atoms with Gasteiger partial charge in [-0.15, -0.1) is 11.6 Å². The molecular weight excluding hydrogens is 301 g/mol. The fourth-order valence-electron chi connectivity index (χ4n) is 2.27. The van der Waals surface area contributed by atoms with Crippen LogP contribution in [0.5, 0.6) is 0 Å². The molecule has 0 aliphatic rings. The number of aromatic nitrogens is 2. The van der Waals surface area contributed by atoms with E-state index in [9.17, 15) is 13.2 Å². The highest BCUT2D eigenvalue weighted by molar-refractivity contribution is 6.20. The molecule has 0 radical (unpaired) electrons. The van der Waals surface area contributed by atoms with Crippen LogP contribution in [0.2, 0.25) is 0 Å². The predicted molar refractivity (Wildman–Crippen MR) is 75.2 cm³/mol. The normalized spacial score (nSPS) is 12.8. The number of benzene rings is 2. The van der Waals surface area contributed by atoms with E-state index in [1.54, 1.807) is 31.2 Å². The van der Waals surface area contributed by atoms with Crippen LogP contribution in [0, 0.1) is 17.5 Å². The largest absolute Gasteiger partial charge is 0.292 e. The van der Waals surface area contributed by atoms with Crippen LogP contribution in [0.15, 0.2) is 36.4 Å². The second-order valence-corrected chi connectivity index (χ2v) is 5.29. The van der Waals surface area contributed by atoms with Gasteiger partial charge in [-0.3, -0.25) is 4.57 Å². The molecule has 0 saturated carbocycles. The van der Waals surface area contributed by atoms with Gasteiger partial charge in [0.05, 0.1) is 22.1 Å². The summed E-state index contributed by atoms with van der Waals surface area (Å²) in [5.74, 6) is -2.94. The highest BCUT2D eigenvalue weighted by Crippen LogP contribution is 2.30. The van der Waals surface area contributed by atoms with Crippen molar-refractivity contribution in [2.45, 2.75) is 12.3 Å². The van der Waals surface area contributed by atoms with Gasteiger partial charge < -0.3 is 0 Å². The molecule has 6 heteroatoms. The van der Waals surface area contributed by atoms with E-state index < -0.39 is 22.8 Å². The van der Waals surface area contributed by atoms with Crippen molar-refractivity contribution in [3.8, 4) is 5.69 Å². The van der Waals surface area contributed by atoms with Crippen molar-refractivity contribution >= 4 is 22.6 Å². The molecule has 1 unspecified atom stereocenters. The van der Waals surface area contributed by atoms with Crippen LogP contribution in [-0.4, -0.2) is 9.55 Å². The van der Waals surface area contributed by atoms with Gasteiger partial charge in [0.2, 0.25) is 0 Å². The molecule has 0 aliphatic carbocycles. The van der Waals surface area contributed by atoms with Gasteiger partial charge in [0.25, 0.3) is 0 Å². The fraction of sp³-hybridized carbons (Fsp3) is 0.133. The molecular formula is C15H10ClF3N2. The van der Waals surface area contributed by atoms with E-state index in [-0.39, 0.29) is 5.69 Å². The number of hydrogen-bond acceptors (Lipinski definition) is 1. The third kappa shape index (κ3) is 2.27. The summed E-state index contributed by atoms with van der Waals surface area (Å²) in [4.78, 5) is 4.31. The van der Waals surface area contributed by atoms with Gasteiger partial charge in [0, 0.05) is 12.1 Å². The highest BCUT2D eigenvalue weighted by Gasteiger charge is 2.21. The minimum Gasteiger partial charge on any atom is -0.292 e. The maximum Gasteiger partial charge on any atom is 0.183 e. The Morgan fingerprint density at radius 2 is 1.86 bits per heavy atom. The lowest BCUT2D eigenvalue weighted by Crippen LogP contribution is -2.06. The van der Waals surface area contributed by atoms with E-state index in [4.69, 9.17) is 11.6 Å². The molecule has 0 bridgehead atoms. The summed E-state index contributed by atoms with van der Waals surface area (Å²) in [7, 11) is 0. The summed E-state index contributed by atoms with van der Waals surface area (Å²) in [6.07, 6.45) is 0. The van der Waals surface area contributed by atoms with Crippen LogP contribution < -0.4 is 0 Å². The van der Waals surface area contributed by atoms with Gasteiger partial charge in [-0.2, -0.15) is 0 Å². The van der Waals surface area contributed by atoms with Crippen LogP contribution in [0.4, 0.5) is 13.2 Å². The molecule has 1 aromatic heterocycles. The minimum absolute atomic E-state index is 0.247. The average Bonchev–Trinajstić information content (AvgIpc) is 2.82. The smallest absolute Gasteiger partial charge is 0.183 e. The van der Waals surface area contributed by atoms with Crippen molar-refractivity contribution in [3.63, 3.8) is 0 Å². The van der Waals surface area contributed by atoms with E-state index in [2.05, 4.69) is 4.98 Å². The first kappa shape index (κ1) is 13.9. The molecule has 0 spiro atoms. The number of imidazole rings is 1. The molecule has 3 aromatic rings. The van der Waals surface area contributed by atoms with Gasteiger partial charge in [0.15, 0.2) is 11.6 Å². The molecule has 1 heterocycles. The molecule has 1 atom stereocenters. The molecule has 0 saturated heterocycles. The summed E-state index contributed by atoms with van der Waals surface area (Å²) >= 11 is 6.07. The number of rotatable bonds is 2. The molecule has 2 nitrogen and oxygen atoms in total. The summed E-state index contributed by atoms with van der Waals surface area (Å²) in [5, 5.41) is -0.553. The van der Waals surface area contributed by atoms with Crippen molar-refractivity contribution < 1.29 is 13.2 Å². The first-order chi connectivity index (χ1) is 9.99. The summed E-state index contributed by atoms with van der Waals surface area (Å²) < 4.78 is 42.4. The lowest BCUT2D eigenvalue weighted by atomic mass is 10.2. The minimum atomic E-state index is -1.25. The highest BCUT2D eigenvalue weighted by atomic mass is 35.5. The first-order valence-electron chi connectivity index (χ1n) is 6.25. The first-order valence-corrected chi connectivity index (χ1v) is 6.69. The van der Waals surface area contributed by atoms with E-state index in [1.807, 2.05) is 0 Å². The number of para-hydroxylation sites is 2. The number of nitrogens with zero attached hydrogens (tertiary/aromatic N) is 2. The van der Waals surface area contributed by atoms with Crippen LogP contribution in [0.25, 0.3) is 16.7 Å². The molecule has 2 aromatic carbocycles. The van der Waals surface area contributed by atoms with Gasteiger partial charge in [-0.1, -0.05) is 12.1 Å². The standard InChI is InChI=1S/C15H10ClF3N2/c1-8(16)15-20-11-4-2-3-5-12(11)21(15)13-7-9(17)6-10(18)14(13)19/h2-8H,1H3. The Bertz CT molecular complexity index is 827. The maximum absolute atomic E-state index is 14.1. The third-order valence-electron chi connectivity index (χ3n) is 3.16. The monoisotopic (exact) mass is 310 g/mol. The Morgan fingerprint density at radius 3 is 2.57 bits per heavy atom. The van der Waals surface area contributed by atoms with E-state index in [1.165, 1.54) is 4.57 Å². The third-order valence-corrected chi connectivity index (χ3v) is 3.35. The lowest BCUT2D eigenvalue weighted by Gasteiger charge is -2.12. The molecule has 0 N–H and O–H groups in total. The van der Waals surface area contributed by atoms with Crippen LogP contribution in [0.3, 0.4) is 0 Å². The van der Waals surface area contributed by atoms with Crippen LogP contribution in [0.1, 0.15) is 18.1 Å². The number of halogens is 4. The number of fused-ring (bicyclic) bond motifs is 1. The summed E-state index contributed by atoms with van der Waals surface area (Å²) in [5.41, 5.74) is 0.858. The zero-order valence-corrected chi connectivity index (χ0v) is 11.7. The van der Waals surface area contributed by atoms with Crippen molar-refractivity contribution in [1.29, 1.82) is 0 Å². The SMILES string of the molecule is CC(Cl)c1nc2ccccc2n1-c1cc(F)cc(F)c1F. The Labute approximate surface area is 123 Å². The molecule has 0 fully saturated rings. The van der Waals surface area contributed by atoms with Crippen molar-refractivity contribution in [1.82, 2.24) is 9.55 Å². The van der Waals surface area contributed by atoms with Gasteiger partial charge >= 0.3 is 0 Å². The molecule has 0 aliphatic heterocycles. The Morgan fingerprint density at radius 1 is 1.14 bits per heavy atom. The van der Waals surface area contributed by atoms with Crippen LogP contribution >= 0.6 is 11.6 Å². The van der Waals surface area contributed by atoms with Crippen LogP contribution in [-0.2, 0) is 0 Å². The number of hydrogen-bond donors (Lipinski definition) is 0. The number of alkyl halides is 1. The lowest BCUT2D eigenvalue weighted by molar-refractivity contribution is 0.490. The van der Waals surface area contributed by atoms with Crippen molar-refractivity contribution in [2.24, 2.45) is 0 Å². The maximum atomic E-state index is 14.1. The van der Waals surface area contributed by atoms with E-state index >= 15 is 0 Å². The molecule has 108 valence electrons. The Kier molecular flexibility index (Phi) is 3.37. The molecule has 0 amide bonds. The Balaban J connectivity index is 2.41. The quantitative estimate of drug-likeness (QED) is 0.493.